The fourth-order valence-electron chi connectivity index (χ4n) is 4.18. The smallest absolute Gasteiger partial charge is 0.309 e. The molecule has 5 atom stereocenters. The maximum Gasteiger partial charge on any atom is 0.309 e. The highest BCUT2D eigenvalue weighted by Gasteiger charge is 2.45. The van der Waals surface area contributed by atoms with Gasteiger partial charge >= 0.3 is 5.97 Å². The molecule has 0 aromatic carbocycles. The number of rotatable bonds is 9. The predicted octanol–water partition coefficient (Wildman–Crippen LogP) is 4.19. The van der Waals surface area contributed by atoms with E-state index in [0.29, 0.717) is 12.3 Å². The molecule has 0 aromatic rings. The van der Waals surface area contributed by atoms with E-state index < -0.39 is 5.79 Å². The highest BCUT2D eigenvalue weighted by Crippen LogP contribution is 2.45. The molecule has 5 unspecified atom stereocenters. The average Bonchev–Trinajstić information content (AvgIpc) is 2.67. The van der Waals surface area contributed by atoms with Gasteiger partial charge in [-0.1, -0.05) is 32.1 Å². The van der Waals surface area contributed by atoms with Crippen molar-refractivity contribution < 1.29 is 24.1 Å². The van der Waals surface area contributed by atoms with Crippen molar-refractivity contribution in [2.24, 2.45) is 23.7 Å². The Bertz CT molecular complexity index is 694. The minimum Gasteiger partial charge on any atom is -0.462 e. The zero-order valence-corrected chi connectivity index (χ0v) is 18.6. The van der Waals surface area contributed by atoms with Crippen LogP contribution in [0.3, 0.4) is 0 Å². The molecular formula is C24H36O5. The van der Waals surface area contributed by atoms with Crippen LogP contribution in [0.1, 0.15) is 47.0 Å². The van der Waals surface area contributed by atoms with Crippen molar-refractivity contribution in [1.29, 1.82) is 0 Å². The number of ether oxygens (including phenoxy) is 3. The molecule has 0 saturated heterocycles. The van der Waals surface area contributed by atoms with Crippen LogP contribution in [0.4, 0.5) is 0 Å². The zero-order chi connectivity index (χ0) is 21.6. The Morgan fingerprint density at radius 3 is 2.62 bits per heavy atom. The molecule has 2 aliphatic carbocycles. The third kappa shape index (κ3) is 5.70. The van der Waals surface area contributed by atoms with E-state index in [0.717, 1.165) is 24.0 Å². The first-order valence-corrected chi connectivity index (χ1v) is 10.5. The summed E-state index contributed by atoms with van der Waals surface area (Å²) in [4.78, 5) is 12.9. The van der Waals surface area contributed by atoms with E-state index in [2.05, 4.69) is 12.7 Å². The summed E-state index contributed by atoms with van der Waals surface area (Å²) in [7, 11) is 3.20. The number of methoxy groups -OCH3 is 2. The Balaban J connectivity index is 1.99. The van der Waals surface area contributed by atoms with E-state index in [1.165, 1.54) is 0 Å². The summed E-state index contributed by atoms with van der Waals surface area (Å²) in [5.74, 6) is -0.569. The van der Waals surface area contributed by atoms with Gasteiger partial charge in [0.2, 0.25) is 0 Å². The molecule has 5 nitrogen and oxygen atoms in total. The second-order valence-corrected chi connectivity index (χ2v) is 8.48. The van der Waals surface area contributed by atoms with Crippen LogP contribution in [-0.4, -0.2) is 43.8 Å². The second kappa shape index (κ2) is 10.4. The summed E-state index contributed by atoms with van der Waals surface area (Å²) in [5.41, 5.74) is 5.37. The van der Waals surface area contributed by atoms with Gasteiger partial charge in [-0.3, -0.25) is 4.79 Å². The summed E-state index contributed by atoms with van der Waals surface area (Å²) in [6.07, 6.45) is 10.1. The number of aliphatic hydroxyl groups excluding tert-OH is 1. The van der Waals surface area contributed by atoms with Gasteiger partial charge in [0, 0.05) is 20.1 Å². The third-order valence-electron chi connectivity index (χ3n) is 6.68. The Hall–Kier alpha value is -1.65. The van der Waals surface area contributed by atoms with Crippen LogP contribution in [0.5, 0.6) is 0 Å². The van der Waals surface area contributed by atoms with Gasteiger partial charge in [-0.25, -0.2) is 0 Å². The van der Waals surface area contributed by atoms with Crippen LogP contribution in [0.15, 0.2) is 41.2 Å². The second-order valence-electron chi connectivity index (χ2n) is 8.48. The van der Waals surface area contributed by atoms with Crippen LogP contribution in [0.2, 0.25) is 0 Å². The van der Waals surface area contributed by atoms with Crippen LogP contribution >= 0.6 is 0 Å². The van der Waals surface area contributed by atoms with E-state index in [-0.39, 0.29) is 36.4 Å². The Labute approximate surface area is 175 Å². The number of aliphatic hydroxyl groups is 1. The molecule has 0 radical (unpaired) electrons. The van der Waals surface area contributed by atoms with E-state index in [4.69, 9.17) is 14.2 Å². The molecular weight excluding hydrogens is 368 g/mol. The first kappa shape index (κ1) is 23.6. The monoisotopic (exact) mass is 404 g/mol. The first-order chi connectivity index (χ1) is 13.8. The van der Waals surface area contributed by atoms with E-state index in [1.807, 2.05) is 45.1 Å². The Morgan fingerprint density at radius 1 is 1.34 bits per heavy atom. The molecule has 0 heterocycles. The standard InChI is InChI=1S/C24H36O5/c1-16-13-21(14-19-9-7-11-20(15-25)12-8-10-19)22(16)23(26)29-18(3)17(2)24(4,27-5)28-6/h7-9,11,16-18,21-22,25H,12-15H2,1-6H3/b9-7-,20-11+. The van der Waals surface area contributed by atoms with Crippen LogP contribution in [0, 0.1) is 23.7 Å². The summed E-state index contributed by atoms with van der Waals surface area (Å²) >= 11 is 0. The van der Waals surface area contributed by atoms with Crippen molar-refractivity contribution in [3.8, 4) is 0 Å². The van der Waals surface area contributed by atoms with E-state index in [1.54, 1.807) is 14.2 Å². The summed E-state index contributed by atoms with van der Waals surface area (Å²) < 4.78 is 16.8. The molecule has 0 spiro atoms. The molecule has 5 heteroatoms. The number of carbonyl (C=O) groups is 1. The molecule has 2 rings (SSSR count). The first-order valence-electron chi connectivity index (χ1n) is 10.5. The third-order valence-corrected chi connectivity index (χ3v) is 6.68. The number of hydrogen-bond acceptors (Lipinski definition) is 5. The zero-order valence-electron chi connectivity index (χ0n) is 18.6. The molecule has 0 amide bonds. The Kier molecular flexibility index (Phi) is 8.47. The van der Waals surface area contributed by atoms with Crippen LogP contribution in [-0.2, 0) is 19.0 Å². The van der Waals surface area contributed by atoms with Gasteiger partial charge in [-0.2, -0.15) is 0 Å². The molecule has 0 bridgehead atoms. The lowest BCUT2D eigenvalue weighted by Gasteiger charge is -2.43. The van der Waals surface area contributed by atoms with Gasteiger partial charge in [-0.15, -0.1) is 5.73 Å². The molecule has 0 aliphatic heterocycles. The van der Waals surface area contributed by atoms with Crippen molar-refractivity contribution in [3.63, 3.8) is 0 Å². The average molecular weight is 405 g/mol. The fraction of sp³-hybridized carbons (Fsp3) is 0.667. The van der Waals surface area contributed by atoms with Crippen LogP contribution in [0.25, 0.3) is 0 Å². The van der Waals surface area contributed by atoms with Gasteiger partial charge in [-0.05, 0) is 62.2 Å². The highest BCUT2D eigenvalue weighted by atomic mass is 16.7. The van der Waals surface area contributed by atoms with Crippen molar-refractivity contribution in [2.45, 2.75) is 58.8 Å². The molecule has 1 saturated carbocycles. The number of carbonyl (C=O) groups excluding carboxylic acids is 1. The number of allylic oxidation sites excluding steroid dienone is 4. The van der Waals surface area contributed by atoms with Gasteiger partial charge in [0.1, 0.15) is 6.10 Å². The van der Waals surface area contributed by atoms with Gasteiger partial charge in [0.05, 0.1) is 12.5 Å². The molecule has 0 aromatic heterocycles. The van der Waals surface area contributed by atoms with Crippen molar-refractivity contribution in [1.82, 2.24) is 0 Å². The summed E-state index contributed by atoms with van der Waals surface area (Å²) in [5, 5.41) is 9.26. The van der Waals surface area contributed by atoms with Crippen molar-refractivity contribution in [2.75, 3.05) is 20.8 Å². The molecule has 1 fully saturated rings. The molecule has 2 aliphatic rings. The lowest BCUT2D eigenvalue weighted by molar-refractivity contribution is -0.243. The van der Waals surface area contributed by atoms with Crippen LogP contribution < -0.4 is 0 Å². The molecule has 162 valence electrons. The maximum absolute atomic E-state index is 12.9. The SMILES string of the molecule is COC(C)(OC)C(C)C(C)OC(=O)C1C(C)CC1CC1=C=CC/C(CO)=C\C=C/1. The lowest BCUT2D eigenvalue weighted by atomic mass is 9.63. The minimum atomic E-state index is -0.801. The predicted molar refractivity (Wildman–Crippen MR) is 113 cm³/mol. The van der Waals surface area contributed by atoms with Gasteiger partial charge < -0.3 is 19.3 Å². The highest BCUT2D eigenvalue weighted by molar-refractivity contribution is 5.74. The van der Waals surface area contributed by atoms with Gasteiger partial charge in [0.25, 0.3) is 0 Å². The van der Waals surface area contributed by atoms with Crippen molar-refractivity contribution in [3.05, 3.63) is 41.2 Å². The summed E-state index contributed by atoms with van der Waals surface area (Å²) in [6, 6.07) is 0. The van der Waals surface area contributed by atoms with E-state index >= 15 is 0 Å². The number of esters is 1. The van der Waals surface area contributed by atoms with E-state index in [9.17, 15) is 9.90 Å². The quantitative estimate of drug-likeness (QED) is 0.355. The largest absolute Gasteiger partial charge is 0.462 e. The minimum absolute atomic E-state index is 0.0632. The number of hydrogen-bond donors (Lipinski definition) is 1. The normalized spacial score (nSPS) is 29.4. The lowest BCUT2D eigenvalue weighted by Crippen LogP contribution is -2.47. The summed E-state index contributed by atoms with van der Waals surface area (Å²) in [6.45, 7) is 7.89. The molecule has 29 heavy (non-hydrogen) atoms. The topological polar surface area (TPSA) is 65.0 Å². The maximum atomic E-state index is 12.9. The fourth-order valence-corrected chi connectivity index (χ4v) is 4.18. The Morgan fingerprint density at radius 2 is 2.03 bits per heavy atom. The molecule has 1 N–H and O–H groups in total. The van der Waals surface area contributed by atoms with Crippen molar-refractivity contribution >= 4 is 5.97 Å². The van der Waals surface area contributed by atoms with Gasteiger partial charge in [0.15, 0.2) is 5.79 Å².